The number of hydrogen-bond acceptors (Lipinski definition) is 2. The Labute approximate surface area is 147 Å². The van der Waals surface area contributed by atoms with Gasteiger partial charge in [-0.15, -0.1) is 0 Å². The number of fused-ring (bicyclic) bond motifs is 3. The molecule has 4 nitrogen and oxygen atoms in total. The molecule has 1 unspecified atom stereocenters. The molecule has 0 radical (unpaired) electrons. The molecule has 0 aromatic heterocycles. The van der Waals surface area contributed by atoms with E-state index in [1.807, 2.05) is 60.8 Å². The van der Waals surface area contributed by atoms with E-state index in [0.29, 0.717) is 6.42 Å². The van der Waals surface area contributed by atoms with Crippen LogP contribution in [0.15, 0.2) is 60.8 Å². The van der Waals surface area contributed by atoms with Gasteiger partial charge < -0.3 is 0 Å². The molecule has 0 bridgehead atoms. The van der Waals surface area contributed by atoms with Gasteiger partial charge in [-0.3, -0.25) is 9.59 Å². The highest BCUT2D eigenvalue weighted by Crippen LogP contribution is 2.41. The van der Waals surface area contributed by atoms with Gasteiger partial charge in [-0.1, -0.05) is 68.3 Å². The maximum Gasteiger partial charge on any atom is 0.258 e. The van der Waals surface area contributed by atoms with Gasteiger partial charge in [0.25, 0.3) is 11.8 Å². The van der Waals surface area contributed by atoms with Crippen LogP contribution >= 0.6 is 0 Å². The number of anilines is 1. The first-order valence-electron chi connectivity index (χ1n) is 8.76. The summed E-state index contributed by atoms with van der Waals surface area (Å²) in [6.45, 7) is 2.07. The van der Waals surface area contributed by atoms with Gasteiger partial charge in [0.15, 0.2) is 0 Å². The molecule has 0 aliphatic carbocycles. The maximum atomic E-state index is 12.9. The van der Waals surface area contributed by atoms with Gasteiger partial charge in [-0.05, 0) is 18.1 Å². The van der Waals surface area contributed by atoms with Crippen molar-refractivity contribution in [2.75, 3.05) is 5.01 Å². The van der Waals surface area contributed by atoms with Crippen LogP contribution in [-0.2, 0) is 9.59 Å². The fourth-order valence-corrected chi connectivity index (χ4v) is 3.55. The first-order valence-corrected chi connectivity index (χ1v) is 8.76. The van der Waals surface area contributed by atoms with Crippen molar-refractivity contribution < 1.29 is 9.59 Å². The lowest BCUT2D eigenvalue weighted by Crippen LogP contribution is -2.40. The summed E-state index contributed by atoms with van der Waals surface area (Å²) in [5.41, 5.74) is 3.75. The zero-order valence-corrected chi connectivity index (χ0v) is 14.2. The van der Waals surface area contributed by atoms with E-state index in [2.05, 4.69) is 6.92 Å². The topological polar surface area (TPSA) is 40.6 Å². The Balaban J connectivity index is 1.83. The third kappa shape index (κ3) is 2.45. The number of hydrazine groups is 1. The average Bonchev–Trinajstić information content (AvgIpc) is 2.90. The van der Waals surface area contributed by atoms with Crippen molar-refractivity contribution in [3.63, 3.8) is 0 Å². The van der Waals surface area contributed by atoms with Crippen LogP contribution in [0.3, 0.4) is 0 Å². The first kappa shape index (κ1) is 15.6. The summed E-state index contributed by atoms with van der Waals surface area (Å²) in [5.74, 6) is -0.810. The molecule has 2 aromatic carbocycles. The summed E-state index contributed by atoms with van der Waals surface area (Å²) in [6, 6.07) is 17.7. The molecular formula is C21H20N2O2. The molecule has 2 aliphatic heterocycles. The third-order valence-corrected chi connectivity index (χ3v) is 4.85. The quantitative estimate of drug-likeness (QED) is 0.795. The molecule has 2 aliphatic rings. The zero-order valence-electron chi connectivity index (χ0n) is 14.2. The lowest BCUT2D eigenvalue weighted by Gasteiger charge is -2.32. The lowest BCUT2D eigenvalue weighted by molar-refractivity contribution is -0.131. The Morgan fingerprint density at radius 1 is 0.920 bits per heavy atom. The van der Waals surface area contributed by atoms with Crippen molar-refractivity contribution in [2.24, 2.45) is 5.92 Å². The maximum absolute atomic E-state index is 12.9. The van der Waals surface area contributed by atoms with Crippen LogP contribution in [0, 0.1) is 5.92 Å². The van der Waals surface area contributed by atoms with Crippen LogP contribution < -0.4 is 5.01 Å². The van der Waals surface area contributed by atoms with Crippen molar-refractivity contribution in [3.8, 4) is 0 Å². The van der Waals surface area contributed by atoms with E-state index in [1.54, 1.807) is 5.01 Å². The summed E-state index contributed by atoms with van der Waals surface area (Å²) in [5, 5.41) is 3.05. The minimum absolute atomic E-state index is 0.116. The normalized spacial score (nSPS) is 18.9. The smallest absolute Gasteiger partial charge is 0.258 e. The summed E-state index contributed by atoms with van der Waals surface area (Å²) >= 11 is 0. The largest absolute Gasteiger partial charge is 0.272 e. The minimum Gasteiger partial charge on any atom is -0.272 e. The second kappa shape index (κ2) is 6.20. The summed E-state index contributed by atoms with van der Waals surface area (Å²) in [6.07, 6.45) is 4.27. The highest BCUT2D eigenvalue weighted by Gasteiger charge is 2.47. The summed E-state index contributed by atoms with van der Waals surface area (Å²) in [7, 11) is 0. The van der Waals surface area contributed by atoms with E-state index < -0.39 is 5.92 Å². The molecule has 25 heavy (non-hydrogen) atoms. The molecule has 2 amide bonds. The highest BCUT2D eigenvalue weighted by molar-refractivity contribution is 6.17. The van der Waals surface area contributed by atoms with Crippen LogP contribution in [0.2, 0.25) is 0 Å². The number of benzene rings is 2. The first-order chi connectivity index (χ1) is 12.2. The average molecular weight is 332 g/mol. The van der Waals surface area contributed by atoms with Gasteiger partial charge in [-0.2, -0.15) is 0 Å². The molecule has 2 aromatic rings. The molecule has 1 atom stereocenters. The Bertz CT molecular complexity index is 857. The van der Waals surface area contributed by atoms with E-state index in [-0.39, 0.29) is 11.8 Å². The predicted octanol–water partition coefficient (Wildman–Crippen LogP) is 3.99. The lowest BCUT2D eigenvalue weighted by atomic mass is 9.96. The molecule has 1 fully saturated rings. The van der Waals surface area contributed by atoms with Gasteiger partial charge in [0.1, 0.15) is 5.92 Å². The second-order valence-electron chi connectivity index (χ2n) is 6.45. The molecular weight excluding hydrogens is 312 g/mol. The summed E-state index contributed by atoms with van der Waals surface area (Å²) in [4.78, 5) is 25.8. The molecule has 4 rings (SSSR count). The number of nitrogens with zero attached hydrogens (tertiary/aromatic N) is 2. The van der Waals surface area contributed by atoms with Gasteiger partial charge >= 0.3 is 0 Å². The molecule has 2 heterocycles. The third-order valence-electron chi connectivity index (χ3n) is 4.85. The standard InChI is InChI=1S/C21H20N2O2/c1-2-3-11-17-20(24)22-14-18(15-9-5-4-6-10-15)16-12-7-8-13-19(16)23(22)21(17)25/h4-10,12-14,17H,2-3,11H2,1H3. The number of carbonyl (C=O) groups is 2. The van der Waals surface area contributed by atoms with Crippen LogP contribution in [0.5, 0.6) is 0 Å². The Kier molecular flexibility index (Phi) is 3.88. The van der Waals surface area contributed by atoms with E-state index in [0.717, 1.165) is 35.2 Å². The molecule has 4 heteroatoms. The van der Waals surface area contributed by atoms with Gasteiger partial charge in [0, 0.05) is 17.3 Å². The van der Waals surface area contributed by atoms with Crippen molar-refractivity contribution in [2.45, 2.75) is 26.2 Å². The zero-order chi connectivity index (χ0) is 17.4. The van der Waals surface area contributed by atoms with Crippen molar-refractivity contribution in [1.29, 1.82) is 0 Å². The monoisotopic (exact) mass is 332 g/mol. The number of hydrogen-bond donors (Lipinski definition) is 0. The highest BCUT2D eigenvalue weighted by atomic mass is 16.2. The van der Waals surface area contributed by atoms with E-state index in [1.165, 1.54) is 5.01 Å². The minimum atomic E-state index is -0.570. The Hall–Kier alpha value is -2.88. The van der Waals surface area contributed by atoms with Crippen molar-refractivity contribution in [1.82, 2.24) is 5.01 Å². The van der Waals surface area contributed by atoms with E-state index >= 15 is 0 Å². The number of unbranched alkanes of at least 4 members (excludes halogenated alkanes) is 1. The van der Waals surface area contributed by atoms with Crippen LogP contribution in [0.1, 0.15) is 37.3 Å². The van der Waals surface area contributed by atoms with Gasteiger partial charge in [0.2, 0.25) is 0 Å². The van der Waals surface area contributed by atoms with Crippen molar-refractivity contribution >= 4 is 23.1 Å². The van der Waals surface area contributed by atoms with E-state index in [9.17, 15) is 9.59 Å². The predicted molar refractivity (Wildman–Crippen MR) is 97.3 cm³/mol. The molecule has 0 saturated carbocycles. The molecule has 0 spiro atoms. The Morgan fingerprint density at radius 3 is 2.40 bits per heavy atom. The van der Waals surface area contributed by atoms with Crippen molar-refractivity contribution in [3.05, 3.63) is 71.9 Å². The summed E-state index contributed by atoms with van der Waals surface area (Å²) < 4.78 is 0. The van der Waals surface area contributed by atoms with Gasteiger partial charge in [0.05, 0.1) is 5.69 Å². The van der Waals surface area contributed by atoms with Crippen LogP contribution in [0.25, 0.3) is 5.57 Å². The SMILES string of the molecule is CCCCC1C(=O)N2C=C(c3ccccc3)c3ccccc3N2C1=O. The Morgan fingerprint density at radius 2 is 1.64 bits per heavy atom. The number of carbonyl (C=O) groups excluding carboxylic acids is 2. The molecule has 0 N–H and O–H groups in total. The molecule has 1 saturated heterocycles. The molecule has 126 valence electrons. The number of rotatable bonds is 4. The van der Waals surface area contributed by atoms with Gasteiger partial charge in [-0.25, -0.2) is 10.0 Å². The fraction of sp³-hybridized carbons (Fsp3) is 0.238. The number of amides is 2. The second-order valence-corrected chi connectivity index (χ2v) is 6.45. The van der Waals surface area contributed by atoms with E-state index in [4.69, 9.17) is 0 Å². The van der Waals surface area contributed by atoms with Crippen LogP contribution in [0.4, 0.5) is 5.69 Å². The fourth-order valence-electron chi connectivity index (χ4n) is 3.55. The van der Waals surface area contributed by atoms with Crippen LogP contribution in [-0.4, -0.2) is 16.8 Å². The number of para-hydroxylation sites is 1.